The van der Waals surface area contributed by atoms with E-state index in [2.05, 4.69) is 28.8 Å². The van der Waals surface area contributed by atoms with E-state index >= 15 is 0 Å². The molecule has 0 atom stereocenters. The highest BCUT2D eigenvalue weighted by Crippen LogP contribution is 2.14. The first kappa shape index (κ1) is 20.2. The van der Waals surface area contributed by atoms with Gasteiger partial charge in [-0.2, -0.15) is 0 Å². The van der Waals surface area contributed by atoms with Crippen LogP contribution in [0.2, 0.25) is 0 Å². The molecule has 0 aliphatic rings. The van der Waals surface area contributed by atoms with Crippen molar-refractivity contribution in [1.29, 1.82) is 0 Å². The molecule has 7 nitrogen and oxygen atoms in total. The van der Waals surface area contributed by atoms with E-state index in [9.17, 15) is 13.2 Å². The Kier molecular flexibility index (Phi) is 6.96. The highest BCUT2D eigenvalue weighted by molar-refractivity contribution is 7.88. The average Bonchev–Trinajstić information content (AvgIpc) is 3.08. The molecular formula is C18H25N3O4S. The number of nitrogens with one attached hydrogen (secondary N) is 2. The maximum absolute atomic E-state index is 12.2. The molecule has 0 fully saturated rings. The number of rotatable bonds is 9. The van der Waals surface area contributed by atoms with Crippen LogP contribution in [-0.2, 0) is 23.1 Å². The monoisotopic (exact) mass is 379 g/mol. The zero-order valence-electron chi connectivity index (χ0n) is 15.3. The number of hydrogen-bond donors (Lipinski definition) is 2. The quantitative estimate of drug-likeness (QED) is 0.698. The maximum atomic E-state index is 12.2. The largest absolute Gasteiger partial charge is 0.455 e. The maximum Gasteiger partial charge on any atom is 0.291 e. The van der Waals surface area contributed by atoms with Crippen molar-refractivity contribution in [3.63, 3.8) is 0 Å². The smallest absolute Gasteiger partial charge is 0.291 e. The van der Waals surface area contributed by atoms with E-state index in [1.807, 2.05) is 24.3 Å². The molecule has 1 aromatic carbocycles. The van der Waals surface area contributed by atoms with Crippen LogP contribution in [0.15, 0.2) is 40.8 Å². The lowest BCUT2D eigenvalue weighted by molar-refractivity contribution is 0.0995. The van der Waals surface area contributed by atoms with Crippen LogP contribution in [0.4, 0.5) is 5.69 Å². The zero-order valence-corrected chi connectivity index (χ0v) is 16.1. The topological polar surface area (TPSA) is 91.7 Å². The van der Waals surface area contributed by atoms with Crippen molar-refractivity contribution < 1.29 is 17.6 Å². The van der Waals surface area contributed by atoms with E-state index < -0.39 is 10.0 Å². The van der Waals surface area contributed by atoms with Crippen LogP contribution in [0.1, 0.15) is 35.7 Å². The Morgan fingerprint density at radius 2 is 1.73 bits per heavy atom. The molecule has 1 amide bonds. The SMILES string of the molecule is CCN(CC)Cc1ccc(NC(=O)c2ccc(CNS(C)(=O)=O)o2)cc1. The minimum atomic E-state index is -3.31. The average molecular weight is 379 g/mol. The number of carbonyl (C=O) groups is 1. The molecule has 2 aromatic rings. The molecule has 1 heterocycles. The number of amides is 1. The molecule has 0 spiro atoms. The standard InChI is InChI=1S/C18H25N3O4S/c1-4-21(5-2)13-14-6-8-15(9-7-14)20-18(22)17-11-10-16(25-17)12-19-26(3,23)24/h6-11,19H,4-5,12-13H2,1-3H3,(H,20,22). The predicted molar refractivity (Wildman–Crippen MR) is 101 cm³/mol. The summed E-state index contributed by atoms with van der Waals surface area (Å²) in [7, 11) is -3.31. The first-order valence-electron chi connectivity index (χ1n) is 8.46. The Morgan fingerprint density at radius 1 is 1.08 bits per heavy atom. The van der Waals surface area contributed by atoms with Crippen LogP contribution >= 0.6 is 0 Å². The number of anilines is 1. The fourth-order valence-corrected chi connectivity index (χ4v) is 2.79. The summed E-state index contributed by atoms with van der Waals surface area (Å²) in [6.45, 7) is 7.11. The lowest BCUT2D eigenvalue weighted by Crippen LogP contribution is -2.22. The van der Waals surface area contributed by atoms with Gasteiger partial charge in [-0.1, -0.05) is 26.0 Å². The zero-order chi connectivity index (χ0) is 19.2. The van der Waals surface area contributed by atoms with Crippen LogP contribution in [-0.4, -0.2) is 38.6 Å². The Labute approximate surface area is 154 Å². The third-order valence-corrected chi connectivity index (χ3v) is 4.58. The second-order valence-corrected chi connectivity index (χ2v) is 7.80. The number of nitrogens with zero attached hydrogens (tertiary/aromatic N) is 1. The lowest BCUT2D eigenvalue weighted by Gasteiger charge is -2.18. The summed E-state index contributed by atoms with van der Waals surface area (Å²) in [6, 6.07) is 10.8. The summed E-state index contributed by atoms with van der Waals surface area (Å²) in [4.78, 5) is 14.5. The van der Waals surface area contributed by atoms with Crippen LogP contribution < -0.4 is 10.0 Å². The molecule has 8 heteroatoms. The van der Waals surface area contributed by atoms with Gasteiger partial charge in [0.2, 0.25) is 10.0 Å². The highest BCUT2D eigenvalue weighted by Gasteiger charge is 2.12. The molecule has 0 saturated heterocycles. The molecule has 0 aliphatic carbocycles. The van der Waals surface area contributed by atoms with E-state index in [1.54, 1.807) is 6.07 Å². The molecule has 0 saturated carbocycles. The molecule has 0 unspecified atom stereocenters. The fraction of sp³-hybridized carbons (Fsp3) is 0.389. The fourth-order valence-electron chi connectivity index (χ4n) is 2.39. The Hall–Kier alpha value is -2.16. The molecule has 1 aromatic heterocycles. The first-order chi connectivity index (χ1) is 12.3. The van der Waals surface area contributed by atoms with E-state index in [-0.39, 0.29) is 18.2 Å². The minimum absolute atomic E-state index is 0.00612. The summed E-state index contributed by atoms with van der Waals surface area (Å²) >= 11 is 0. The van der Waals surface area contributed by atoms with Gasteiger partial charge in [0, 0.05) is 12.2 Å². The Bertz CT molecular complexity index is 824. The van der Waals surface area contributed by atoms with Gasteiger partial charge in [-0.05, 0) is 42.9 Å². The van der Waals surface area contributed by atoms with Gasteiger partial charge < -0.3 is 9.73 Å². The van der Waals surface area contributed by atoms with Gasteiger partial charge in [-0.25, -0.2) is 13.1 Å². The van der Waals surface area contributed by atoms with E-state index in [0.717, 1.165) is 25.9 Å². The molecular weight excluding hydrogens is 354 g/mol. The van der Waals surface area contributed by atoms with Crippen molar-refractivity contribution >= 4 is 21.6 Å². The molecule has 0 radical (unpaired) electrons. The van der Waals surface area contributed by atoms with Crippen LogP contribution in [0.3, 0.4) is 0 Å². The van der Waals surface area contributed by atoms with Gasteiger partial charge in [0.1, 0.15) is 5.76 Å². The summed E-state index contributed by atoms with van der Waals surface area (Å²) in [5.41, 5.74) is 1.85. The van der Waals surface area contributed by atoms with Crippen molar-refractivity contribution in [2.24, 2.45) is 0 Å². The summed E-state index contributed by atoms with van der Waals surface area (Å²) in [5.74, 6) is 0.116. The summed E-state index contributed by atoms with van der Waals surface area (Å²) in [5, 5.41) is 2.77. The van der Waals surface area contributed by atoms with Crippen molar-refractivity contribution in [3.05, 3.63) is 53.5 Å². The number of carbonyl (C=O) groups excluding carboxylic acids is 1. The number of hydrogen-bond acceptors (Lipinski definition) is 5. The number of furan rings is 1. The van der Waals surface area contributed by atoms with Gasteiger partial charge in [0.05, 0.1) is 12.8 Å². The summed E-state index contributed by atoms with van der Waals surface area (Å²) < 4.78 is 29.9. The molecule has 0 aliphatic heterocycles. The van der Waals surface area contributed by atoms with Gasteiger partial charge in [-0.15, -0.1) is 0 Å². The first-order valence-corrected chi connectivity index (χ1v) is 10.4. The van der Waals surface area contributed by atoms with Gasteiger partial charge in [0.25, 0.3) is 5.91 Å². The summed E-state index contributed by atoms with van der Waals surface area (Å²) in [6.07, 6.45) is 1.06. The minimum Gasteiger partial charge on any atom is -0.455 e. The highest BCUT2D eigenvalue weighted by atomic mass is 32.2. The second-order valence-electron chi connectivity index (χ2n) is 5.97. The van der Waals surface area contributed by atoms with E-state index in [0.29, 0.717) is 11.4 Å². The lowest BCUT2D eigenvalue weighted by atomic mass is 10.2. The van der Waals surface area contributed by atoms with Gasteiger partial charge >= 0.3 is 0 Å². The third kappa shape index (κ3) is 6.29. The normalized spacial score (nSPS) is 11.7. The molecule has 142 valence electrons. The van der Waals surface area contributed by atoms with Crippen molar-refractivity contribution in [3.8, 4) is 0 Å². The second kappa shape index (κ2) is 8.98. The molecule has 2 N–H and O–H groups in total. The Balaban J connectivity index is 1.94. The number of sulfonamides is 1. The molecule has 0 bridgehead atoms. The van der Waals surface area contributed by atoms with Crippen molar-refractivity contribution in [2.45, 2.75) is 26.9 Å². The van der Waals surface area contributed by atoms with Crippen LogP contribution in [0, 0.1) is 0 Å². The van der Waals surface area contributed by atoms with Crippen molar-refractivity contribution in [2.75, 3.05) is 24.7 Å². The van der Waals surface area contributed by atoms with Crippen molar-refractivity contribution in [1.82, 2.24) is 9.62 Å². The Morgan fingerprint density at radius 3 is 2.31 bits per heavy atom. The van der Waals surface area contributed by atoms with E-state index in [4.69, 9.17) is 4.42 Å². The van der Waals surface area contributed by atoms with Crippen LogP contribution in [0.25, 0.3) is 0 Å². The van der Waals surface area contributed by atoms with E-state index in [1.165, 1.54) is 11.6 Å². The van der Waals surface area contributed by atoms with Gasteiger partial charge in [-0.3, -0.25) is 9.69 Å². The third-order valence-electron chi connectivity index (χ3n) is 3.91. The van der Waals surface area contributed by atoms with Gasteiger partial charge in [0.15, 0.2) is 5.76 Å². The molecule has 26 heavy (non-hydrogen) atoms. The predicted octanol–water partition coefficient (Wildman–Crippen LogP) is 2.42. The number of benzene rings is 1. The van der Waals surface area contributed by atoms with Crippen LogP contribution in [0.5, 0.6) is 0 Å². The molecule has 2 rings (SSSR count).